The molecule has 0 radical (unpaired) electrons. The van der Waals surface area contributed by atoms with Crippen LogP contribution in [0, 0.1) is 35.0 Å². The second-order valence-electron chi connectivity index (χ2n) is 3.64. The summed E-state index contributed by atoms with van der Waals surface area (Å²) < 4.78 is 0. The van der Waals surface area contributed by atoms with Crippen molar-refractivity contribution in [3.05, 3.63) is 0 Å². The van der Waals surface area contributed by atoms with Crippen molar-refractivity contribution >= 4 is 11.8 Å². The number of rotatable bonds is 0. The second kappa shape index (κ2) is 6.33. The highest BCUT2D eigenvalue weighted by Gasteiger charge is 2.31. The number of hydrogen-bond acceptors (Lipinski definition) is 3. The predicted octanol–water partition coefficient (Wildman–Crippen LogP) is -0.404. The lowest BCUT2D eigenvalue weighted by atomic mass is 10.1. The molecular formula is C13H13N3O2. The van der Waals surface area contributed by atoms with Crippen LogP contribution in [-0.2, 0) is 9.59 Å². The van der Waals surface area contributed by atoms with Crippen LogP contribution in [0.2, 0.25) is 0 Å². The first-order chi connectivity index (χ1) is 8.63. The van der Waals surface area contributed by atoms with Gasteiger partial charge in [0.05, 0.1) is 12.6 Å². The number of nitriles is 1. The van der Waals surface area contributed by atoms with E-state index in [1.165, 1.54) is 9.80 Å². The molecule has 18 heavy (non-hydrogen) atoms. The lowest BCUT2D eigenvalue weighted by Crippen LogP contribution is -2.55. The lowest BCUT2D eigenvalue weighted by molar-refractivity contribution is -0.134. The Hall–Kier alpha value is -2.45. The smallest absolute Gasteiger partial charge is 0.299 e. The Labute approximate surface area is 106 Å². The SMILES string of the molecule is CC#CC(=O)N1CCN(C(=O)C#CC)C(C#N)C1. The van der Waals surface area contributed by atoms with E-state index >= 15 is 0 Å². The average molecular weight is 243 g/mol. The Morgan fingerprint density at radius 1 is 1.11 bits per heavy atom. The monoisotopic (exact) mass is 243 g/mol. The Morgan fingerprint density at radius 3 is 2.28 bits per heavy atom. The van der Waals surface area contributed by atoms with Gasteiger partial charge < -0.3 is 9.80 Å². The van der Waals surface area contributed by atoms with E-state index in [2.05, 4.69) is 23.7 Å². The first-order valence-electron chi connectivity index (χ1n) is 5.48. The zero-order chi connectivity index (χ0) is 13.5. The van der Waals surface area contributed by atoms with Crippen LogP contribution >= 0.6 is 0 Å². The maximum Gasteiger partial charge on any atom is 0.299 e. The van der Waals surface area contributed by atoms with Gasteiger partial charge in [0, 0.05) is 13.1 Å². The van der Waals surface area contributed by atoms with Crippen LogP contribution in [0.1, 0.15) is 13.8 Å². The van der Waals surface area contributed by atoms with Gasteiger partial charge in [-0.15, -0.1) is 0 Å². The van der Waals surface area contributed by atoms with Crippen molar-refractivity contribution in [1.29, 1.82) is 5.26 Å². The molecule has 0 aromatic carbocycles. The van der Waals surface area contributed by atoms with Crippen LogP contribution in [0.15, 0.2) is 0 Å². The number of hydrogen-bond donors (Lipinski definition) is 0. The third-order valence-electron chi connectivity index (χ3n) is 2.54. The van der Waals surface area contributed by atoms with E-state index in [-0.39, 0.29) is 18.4 Å². The van der Waals surface area contributed by atoms with Crippen molar-refractivity contribution in [2.45, 2.75) is 19.9 Å². The summed E-state index contributed by atoms with van der Waals surface area (Å²) in [6.07, 6.45) is 0. The Balaban J connectivity index is 2.78. The van der Waals surface area contributed by atoms with Crippen LogP contribution in [0.4, 0.5) is 0 Å². The first kappa shape index (κ1) is 13.6. The zero-order valence-corrected chi connectivity index (χ0v) is 10.4. The first-order valence-corrected chi connectivity index (χ1v) is 5.48. The maximum atomic E-state index is 11.6. The lowest BCUT2D eigenvalue weighted by Gasteiger charge is -2.36. The normalized spacial score (nSPS) is 17.7. The molecule has 0 saturated carbocycles. The molecule has 1 unspecified atom stereocenters. The van der Waals surface area contributed by atoms with E-state index in [4.69, 9.17) is 5.26 Å². The van der Waals surface area contributed by atoms with Crippen molar-refractivity contribution in [1.82, 2.24) is 9.80 Å². The Bertz CT molecular complexity index is 510. The van der Waals surface area contributed by atoms with Crippen molar-refractivity contribution in [2.75, 3.05) is 19.6 Å². The molecule has 1 rings (SSSR count). The average Bonchev–Trinajstić information content (AvgIpc) is 2.38. The van der Waals surface area contributed by atoms with Gasteiger partial charge >= 0.3 is 0 Å². The van der Waals surface area contributed by atoms with Crippen molar-refractivity contribution in [3.63, 3.8) is 0 Å². The summed E-state index contributed by atoms with van der Waals surface area (Å²) in [4.78, 5) is 26.1. The quantitative estimate of drug-likeness (QED) is 0.544. The van der Waals surface area contributed by atoms with E-state index < -0.39 is 6.04 Å². The number of carbonyl (C=O) groups is 2. The topological polar surface area (TPSA) is 64.4 Å². The third-order valence-corrected chi connectivity index (χ3v) is 2.54. The number of carbonyl (C=O) groups excluding carboxylic acids is 2. The van der Waals surface area contributed by atoms with Crippen molar-refractivity contribution < 1.29 is 9.59 Å². The molecular weight excluding hydrogens is 230 g/mol. The fourth-order valence-corrected chi connectivity index (χ4v) is 1.69. The summed E-state index contributed by atoms with van der Waals surface area (Å²) in [5.74, 6) is 9.17. The molecule has 1 atom stereocenters. The standard InChI is InChI=1S/C13H13N3O2/c1-3-5-12(17)15-7-8-16(11(9-14)10-15)13(18)6-4-2/h11H,7-8,10H2,1-2H3. The van der Waals surface area contributed by atoms with Crippen LogP contribution in [-0.4, -0.2) is 47.3 Å². The van der Waals surface area contributed by atoms with Crippen LogP contribution in [0.25, 0.3) is 0 Å². The van der Waals surface area contributed by atoms with Gasteiger partial charge in [0.2, 0.25) is 0 Å². The van der Waals surface area contributed by atoms with E-state index in [1.54, 1.807) is 13.8 Å². The molecule has 2 amide bonds. The Morgan fingerprint density at radius 2 is 1.72 bits per heavy atom. The number of amides is 2. The minimum atomic E-state index is -0.658. The molecule has 0 aliphatic carbocycles. The van der Waals surface area contributed by atoms with Gasteiger partial charge in [-0.1, -0.05) is 11.8 Å². The molecule has 92 valence electrons. The predicted molar refractivity (Wildman–Crippen MR) is 64.6 cm³/mol. The molecule has 1 aliphatic rings. The Kier molecular flexibility index (Phi) is 4.78. The van der Waals surface area contributed by atoms with Gasteiger partial charge in [-0.2, -0.15) is 5.26 Å². The summed E-state index contributed by atoms with van der Waals surface area (Å²) >= 11 is 0. The van der Waals surface area contributed by atoms with Gasteiger partial charge in [-0.05, 0) is 25.7 Å². The fraction of sp³-hybridized carbons (Fsp3) is 0.462. The highest BCUT2D eigenvalue weighted by molar-refractivity contribution is 5.95. The summed E-state index contributed by atoms with van der Waals surface area (Å²) in [5, 5.41) is 9.04. The molecule has 0 spiro atoms. The second-order valence-corrected chi connectivity index (χ2v) is 3.64. The summed E-state index contributed by atoms with van der Waals surface area (Å²) in [6.45, 7) is 4.01. The largest absolute Gasteiger partial charge is 0.327 e. The van der Waals surface area contributed by atoms with Crippen LogP contribution < -0.4 is 0 Å². The van der Waals surface area contributed by atoms with E-state index in [1.807, 2.05) is 6.07 Å². The minimum Gasteiger partial charge on any atom is -0.327 e. The van der Waals surface area contributed by atoms with E-state index in [9.17, 15) is 9.59 Å². The molecule has 5 heteroatoms. The molecule has 1 fully saturated rings. The fourth-order valence-electron chi connectivity index (χ4n) is 1.69. The maximum absolute atomic E-state index is 11.6. The molecule has 0 aromatic heterocycles. The van der Waals surface area contributed by atoms with Crippen molar-refractivity contribution in [3.8, 4) is 29.8 Å². The van der Waals surface area contributed by atoms with Gasteiger partial charge in [-0.3, -0.25) is 9.59 Å². The summed E-state index contributed by atoms with van der Waals surface area (Å²) in [5.41, 5.74) is 0. The molecule has 0 aromatic rings. The zero-order valence-electron chi connectivity index (χ0n) is 10.4. The molecule has 1 aliphatic heterocycles. The molecule has 0 N–H and O–H groups in total. The van der Waals surface area contributed by atoms with Crippen LogP contribution in [0.5, 0.6) is 0 Å². The van der Waals surface area contributed by atoms with E-state index in [0.29, 0.717) is 13.1 Å². The van der Waals surface area contributed by atoms with Gasteiger partial charge in [-0.25, -0.2) is 0 Å². The number of piperazine rings is 1. The molecule has 1 saturated heterocycles. The summed E-state index contributed by atoms with van der Waals surface area (Å²) in [6, 6.07) is 1.36. The van der Waals surface area contributed by atoms with Crippen molar-refractivity contribution in [2.24, 2.45) is 0 Å². The van der Waals surface area contributed by atoms with Gasteiger partial charge in [0.25, 0.3) is 11.8 Å². The van der Waals surface area contributed by atoms with Crippen LogP contribution in [0.3, 0.4) is 0 Å². The van der Waals surface area contributed by atoms with Gasteiger partial charge in [0.1, 0.15) is 6.04 Å². The molecule has 0 bridgehead atoms. The highest BCUT2D eigenvalue weighted by atomic mass is 16.2. The minimum absolute atomic E-state index is 0.182. The third kappa shape index (κ3) is 3.03. The molecule has 1 heterocycles. The number of nitrogens with zero attached hydrogens (tertiary/aromatic N) is 3. The summed E-state index contributed by atoms with van der Waals surface area (Å²) in [7, 11) is 0. The van der Waals surface area contributed by atoms with Gasteiger partial charge in [0.15, 0.2) is 0 Å². The highest BCUT2D eigenvalue weighted by Crippen LogP contribution is 2.09. The molecule has 5 nitrogen and oxygen atoms in total. The van der Waals surface area contributed by atoms with E-state index in [0.717, 1.165) is 0 Å².